The molecule has 1 unspecified atom stereocenters. The zero-order valence-corrected chi connectivity index (χ0v) is 13.2. The van der Waals surface area contributed by atoms with Crippen LogP contribution in [0.2, 0.25) is 0 Å². The van der Waals surface area contributed by atoms with Crippen molar-refractivity contribution in [3.8, 4) is 0 Å². The van der Waals surface area contributed by atoms with Gasteiger partial charge >= 0.3 is 0 Å². The molecular formula is C15H18BrFN2O. The van der Waals surface area contributed by atoms with Gasteiger partial charge in [-0.25, -0.2) is 4.39 Å². The highest BCUT2D eigenvalue weighted by atomic mass is 79.9. The molecule has 1 heterocycles. The zero-order chi connectivity index (χ0) is 14.7. The van der Waals surface area contributed by atoms with E-state index in [1.165, 1.54) is 12.1 Å². The van der Waals surface area contributed by atoms with Crippen LogP contribution in [-0.4, -0.2) is 18.5 Å². The van der Waals surface area contributed by atoms with Crippen molar-refractivity contribution in [2.75, 3.05) is 13.6 Å². The Morgan fingerprint density at radius 1 is 1.35 bits per heavy atom. The first kappa shape index (κ1) is 15.2. The van der Waals surface area contributed by atoms with E-state index in [-0.39, 0.29) is 11.9 Å². The van der Waals surface area contributed by atoms with Crippen LogP contribution in [0, 0.1) is 12.7 Å². The number of benzene rings is 1. The quantitative estimate of drug-likeness (QED) is 0.903. The molecule has 108 valence electrons. The predicted octanol–water partition coefficient (Wildman–Crippen LogP) is 3.62. The van der Waals surface area contributed by atoms with E-state index in [0.717, 1.165) is 21.6 Å². The van der Waals surface area contributed by atoms with Gasteiger partial charge in [-0.3, -0.25) is 4.90 Å². The average molecular weight is 341 g/mol. The van der Waals surface area contributed by atoms with Crippen LogP contribution in [0.15, 0.2) is 39.2 Å². The van der Waals surface area contributed by atoms with Crippen LogP contribution in [0.3, 0.4) is 0 Å². The summed E-state index contributed by atoms with van der Waals surface area (Å²) >= 11 is 3.46. The predicted molar refractivity (Wildman–Crippen MR) is 80.8 cm³/mol. The monoisotopic (exact) mass is 340 g/mol. The number of nitrogens with zero attached hydrogens (tertiary/aromatic N) is 1. The highest BCUT2D eigenvalue weighted by Gasteiger charge is 2.19. The third-order valence-corrected chi connectivity index (χ3v) is 4.00. The smallest absolute Gasteiger partial charge is 0.123 e. The highest BCUT2D eigenvalue weighted by molar-refractivity contribution is 9.10. The minimum absolute atomic E-state index is 0.0783. The Bertz CT molecular complexity index is 585. The minimum atomic E-state index is -0.260. The maximum Gasteiger partial charge on any atom is 0.123 e. The molecule has 0 spiro atoms. The Kier molecular flexibility index (Phi) is 4.96. The first-order chi connectivity index (χ1) is 9.51. The Morgan fingerprint density at radius 2 is 2.10 bits per heavy atom. The summed E-state index contributed by atoms with van der Waals surface area (Å²) in [6, 6.07) is 8.45. The van der Waals surface area contributed by atoms with Crippen LogP contribution < -0.4 is 5.73 Å². The molecule has 0 aliphatic rings. The third kappa shape index (κ3) is 3.48. The standard InChI is InChI=1S/C15H18BrFN2O/c1-10-3-5-12(20-10)9-19(2)15(8-18)13-7-11(17)4-6-14(13)16/h3-7,15H,8-9,18H2,1-2H3. The Hall–Kier alpha value is -1.17. The Morgan fingerprint density at radius 3 is 2.70 bits per heavy atom. The maximum absolute atomic E-state index is 13.4. The number of halogens is 2. The third-order valence-electron chi connectivity index (χ3n) is 3.27. The summed E-state index contributed by atoms with van der Waals surface area (Å²) in [5.74, 6) is 1.49. The second-order valence-electron chi connectivity index (χ2n) is 4.84. The molecule has 3 nitrogen and oxygen atoms in total. The molecule has 0 radical (unpaired) electrons. The van der Waals surface area contributed by atoms with Crippen molar-refractivity contribution in [2.45, 2.75) is 19.5 Å². The summed E-state index contributed by atoms with van der Waals surface area (Å²) in [6.07, 6.45) is 0. The molecule has 5 heteroatoms. The van der Waals surface area contributed by atoms with Crippen molar-refractivity contribution in [2.24, 2.45) is 5.73 Å². The normalized spacial score (nSPS) is 12.9. The van der Waals surface area contributed by atoms with Crippen LogP contribution in [0.1, 0.15) is 23.1 Å². The maximum atomic E-state index is 13.4. The van der Waals surface area contributed by atoms with E-state index in [9.17, 15) is 4.39 Å². The van der Waals surface area contributed by atoms with Gasteiger partial charge in [0.25, 0.3) is 0 Å². The van der Waals surface area contributed by atoms with Gasteiger partial charge in [-0.15, -0.1) is 0 Å². The summed E-state index contributed by atoms with van der Waals surface area (Å²) in [5.41, 5.74) is 6.71. The van der Waals surface area contributed by atoms with E-state index in [0.29, 0.717) is 13.1 Å². The van der Waals surface area contributed by atoms with E-state index < -0.39 is 0 Å². The first-order valence-corrected chi connectivity index (χ1v) is 7.21. The van der Waals surface area contributed by atoms with Crippen LogP contribution in [-0.2, 0) is 6.54 Å². The van der Waals surface area contributed by atoms with E-state index in [4.69, 9.17) is 10.2 Å². The summed E-state index contributed by atoms with van der Waals surface area (Å²) < 4.78 is 19.9. The fourth-order valence-corrected chi connectivity index (χ4v) is 2.75. The molecule has 20 heavy (non-hydrogen) atoms. The van der Waals surface area contributed by atoms with Crippen molar-refractivity contribution in [3.05, 3.63) is 57.7 Å². The SMILES string of the molecule is Cc1ccc(CN(C)C(CN)c2cc(F)ccc2Br)o1. The molecule has 1 aromatic heterocycles. The summed E-state index contributed by atoms with van der Waals surface area (Å²) in [4.78, 5) is 2.05. The lowest BCUT2D eigenvalue weighted by Crippen LogP contribution is -2.30. The van der Waals surface area contributed by atoms with E-state index in [1.54, 1.807) is 6.07 Å². The van der Waals surface area contributed by atoms with Gasteiger partial charge in [0.1, 0.15) is 17.3 Å². The van der Waals surface area contributed by atoms with Crippen LogP contribution in [0.4, 0.5) is 4.39 Å². The fraction of sp³-hybridized carbons (Fsp3) is 0.333. The molecule has 0 aliphatic carbocycles. The number of likely N-dealkylation sites (N-methyl/N-ethyl adjacent to an activating group) is 1. The topological polar surface area (TPSA) is 42.4 Å². The number of nitrogens with two attached hydrogens (primary N) is 1. The fourth-order valence-electron chi connectivity index (χ4n) is 2.24. The number of rotatable bonds is 5. The number of hydrogen-bond acceptors (Lipinski definition) is 3. The molecule has 0 saturated heterocycles. The van der Waals surface area contributed by atoms with Crippen LogP contribution >= 0.6 is 15.9 Å². The van der Waals surface area contributed by atoms with Crippen LogP contribution in [0.25, 0.3) is 0 Å². The number of aryl methyl sites for hydroxylation is 1. The van der Waals surface area contributed by atoms with Gasteiger partial charge in [0.05, 0.1) is 6.54 Å². The van der Waals surface area contributed by atoms with Crippen molar-refractivity contribution in [1.29, 1.82) is 0 Å². The molecule has 2 rings (SSSR count). The largest absolute Gasteiger partial charge is 0.465 e. The van der Waals surface area contributed by atoms with Gasteiger partial charge in [-0.2, -0.15) is 0 Å². The van der Waals surface area contributed by atoms with Gasteiger partial charge in [0.15, 0.2) is 0 Å². The lowest BCUT2D eigenvalue weighted by Gasteiger charge is -2.27. The zero-order valence-electron chi connectivity index (χ0n) is 11.6. The minimum Gasteiger partial charge on any atom is -0.465 e. The molecule has 0 bridgehead atoms. The van der Waals surface area contributed by atoms with Gasteiger partial charge in [-0.05, 0) is 49.9 Å². The van der Waals surface area contributed by atoms with Crippen molar-refractivity contribution >= 4 is 15.9 Å². The molecule has 0 aliphatic heterocycles. The molecule has 0 fully saturated rings. The number of hydrogen-bond donors (Lipinski definition) is 1. The molecular weight excluding hydrogens is 323 g/mol. The lowest BCUT2D eigenvalue weighted by molar-refractivity contribution is 0.220. The molecule has 1 aromatic carbocycles. The van der Waals surface area contributed by atoms with Gasteiger partial charge in [0, 0.05) is 17.1 Å². The summed E-state index contributed by atoms with van der Waals surface area (Å²) in [5, 5.41) is 0. The number of furan rings is 1. The second kappa shape index (κ2) is 6.52. The van der Waals surface area contributed by atoms with Crippen LogP contribution in [0.5, 0.6) is 0 Å². The van der Waals surface area contributed by atoms with Crippen molar-refractivity contribution in [3.63, 3.8) is 0 Å². The second-order valence-corrected chi connectivity index (χ2v) is 5.70. The van der Waals surface area contributed by atoms with Crippen molar-refractivity contribution in [1.82, 2.24) is 4.90 Å². The molecule has 1 atom stereocenters. The lowest BCUT2D eigenvalue weighted by atomic mass is 10.1. The first-order valence-electron chi connectivity index (χ1n) is 6.42. The Labute approximate surface area is 126 Å². The van der Waals surface area contributed by atoms with E-state index in [1.807, 2.05) is 26.1 Å². The van der Waals surface area contributed by atoms with E-state index >= 15 is 0 Å². The Balaban J connectivity index is 2.20. The van der Waals surface area contributed by atoms with Crippen molar-refractivity contribution < 1.29 is 8.81 Å². The average Bonchev–Trinajstić information content (AvgIpc) is 2.80. The summed E-state index contributed by atoms with van der Waals surface area (Å²) in [6.45, 7) is 2.93. The molecule has 2 N–H and O–H groups in total. The van der Waals surface area contributed by atoms with E-state index in [2.05, 4.69) is 20.8 Å². The van der Waals surface area contributed by atoms with Gasteiger partial charge < -0.3 is 10.2 Å². The van der Waals surface area contributed by atoms with Gasteiger partial charge in [-0.1, -0.05) is 15.9 Å². The molecule has 0 saturated carbocycles. The molecule has 0 amide bonds. The van der Waals surface area contributed by atoms with Gasteiger partial charge in [0.2, 0.25) is 0 Å². The summed E-state index contributed by atoms with van der Waals surface area (Å²) in [7, 11) is 1.95. The molecule has 2 aromatic rings. The highest BCUT2D eigenvalue weighted by Crippen LogP contribution is 2.28.